The zero-order valence-electron chi connectivity index (χ0n) is 11.4. The summed E-state index contributed by atoms with van der Waals surface area (Å²) in [6.45, 7) is 2.15. The molecule has 102 valence electrons. The van der Waals surface area contributed by atoms with Crippen LogP contribution in [0.5, 0.6) is 17.2 Å². The average Bonchev–Trinajstić information content (AvgIpc) is 2.37. The van der Waals surface area contributed by atoms with E-state index >= 15 is 0 Å². The van der Waals surface area contributed by atoms with Crippen molar-refractivity contribution >= 4 is 0 Å². The van der Waals surface area contributed by atoms with Crippen molar-refractivity contribution in [2.75, 3.05) is 14.2 Å². The highest BCUT2D eigenvalue weighted by Gasteiger charge is 2.18. The van der Waals surface area contributed by atoms with Crippen molar-refractivity contribution in [3.05, 3.63) is 17.7 Å². The number of benzene rings is 1. The van der Waals surface area contributed by atoms with E-state index in [2.05, 4.69) is 6.92 Å². The molecule has 0 spiro atoms. The highest BCUT2D eigenvalue weighted by Crippen LogP contribution is 2.38. The van der Waals surface area contributed by atoms with Gasteiger partial charge in [-0.25, -0.2) is 0 Å². The smallest absolute Gasteiger partial charge is 0.131 e. The molecule has 3 N–H and O–H groups in total. The van der Waals surface area contributed by atoms with E-state index in [4.69, 9.17) is 15.2 Å². The molecule has 1 rings (SSSR count). The molecule has 4 nitrogen and oxygen atoms in total. The Hall–Kier alpha value is -1.42. The van der Waals surface area contributed by atoms with Crippen LogP contribution in [0.15, 0.2) is 12.1 Å². The van der Waals surface area contributed by atoms with Gasteiger partial charge in [0.1, 0.15) is 17.2 Å². The minimum atomic E-state index is -0.211. The number of ether oxygens (including phenoxy) is 2. The number of aromatic hydroxyl groups is 1. The van der Waals surface area contributed by atoms with Crippen molar-refractivity contribution < 1.29 is 14.6 Å². The molecule has 0 saturated heterocycles. The highest BCUT2D eigenvalue weighted by atomic mass is 16.5. The lowest BCUT2D eigenvalue weighted by Crippen LogP contribution is -2.12. The first-order chi connectivity index (χ1) is 8.63. The zero-order chi connectivity index (χ0) is 13.5. The molecular weight excluding hydrogens is 230 g/mol. The van der Waals surface area contributed by atoms with Crippen LogP contribution in [0.3, 0.4) is 0 Å². The lowest BCUT2D eigenvalue weighted by molar-refractivity contribution is 0.372. The number of rotatable bonds is 7. The number of phenols is 1. The van der Waals surface area contributed by atoms with Gasteiger partial charge in [0.2, 0.25) is 0 Å². The van der Waals surface area contributed by atoms with Crippen LogP contribution in [-0.4, -0.2) is 19.3 Å². The van der Waals surface area contributed by atoms with Crippen LogP contribution in [0.2, 0.25) is 0 Å². The second kappa shape index (κ2) is 7.11. The van der Waals surface area contributed by atoms with Gasteiger partial charge in [-0.05, 0) is 6.42 Å². The molecule has 1 aromatic rings. The molecule has 1 atom stereocenters. The van der Waals surface area contributed by atoms with Crippen molar-refractivity contribution in [2.24, 2.45) is 5.73 Å². The van der Waals surface area contributed by atoms with Gasteiger partial charge in [-0.1, -0.05) is 26.2 Å². The Kier molecular flexibility index (Phi) is 5.78. The number of phenolic OH excluding ortho intramolecular Hbond substituents is 1. The number of hydrogen-bond acceptors (Lipinski definition) is 4. The van der Waals surface area contributed by atoms with Crippen LogP contribution in [0.4, 0.5) is 0 Å². The van der Waals surface area contributed by atoms with Crippen LogP contribution >= 0.6 is 0 Å². The highest BCUT2D eigenvalue weighted by molar-refractivity contribution is 5.51. The van der Waals surface area contributed by atoms with Crippen molar-refractivity contribution in [1.82, 2.24) is 0 Å². The lowest BCUT2D eigenvalue weighted by Gasteiger charge is -2.18. The standard InChI is InChI=1S/C14H23NO3/c1-4-5-6-7-11(15)14-12(16)8-10(17-2)9-13(14)18-3/h8-9,11,16H,4-7,15H2,1-3H3/t11-/m1/s1. The van der Waals surface area contributed by atoms with E-state index in [0.717, 1.165) is 25.7 Å². The molecule has 0 aliphatic carbocycles. The van der Waals surface area contributed by atoms with Gasteiger partial charge in [-0.15, -0.1) is 0 Å². The molecule has 0 radical (unpaired) electrons. The van der Waals surface area contributed by atoms with Gasteiger partial charge >= 0.3 is 0 Å². The minimum absolute atomic E-state index is 0.134. The van der Waals surface area contributed by atoms with E-state index in [0.29, 0.717) is 17.1 Å². The van der Waals surface area contributed by atoms with Crippen molar-refractivity contribution in [1.29, 1.82) is 0 Å². The SMILES string of the molecule is CCCCC[C@@H](N)c1c(O)cc(OC)cc1OC. The minimum Gasteiger partial charge on any atom is -0.507 e. The van der Waals surface area contributed by atoms with Crippen LogP contribution in [0.1, 0.15) is 44.2 Å². The molecule has 0 aromatic heterocycles. The van der Waals surface area contributed by atoms with Gasteiger partial charge in [0.05, 0.1) is 19.8 Å². The summed E-state index contributed by atoms with van der Waals surface area (Å²) in [6.07, 6.45) is 4.18. The van der Waals surface area contributed by atoms with Crippen LogP contribution in [-0.2, 0) is 0 Å². The lowest BCUT2D eigenvalue weighted by atomic mass is 9.99. The van der Waals surface area contributed by atoms with E-state index in [1.807, 2.05) is 0 Å². The van der Waals surface area contributed by atoms with E-state index in [1.165, 1.54) is 0 Å². The molecular formula is C14H23NO3. The molecule has 0 aliphatic rings. The Balaban J connectivity index is 2.92. The average molecular weight is 253 g/mol. The van der Waals surface area contributed by atoms with Gasteiger partial charge < -0.3 is 20.3 Å². The first-order valence-electron chi connectivity index (χ1n) is 6.34. The second-order valence-electron chi connectivity index (χ2n) is 4.36. The summed E-state index contributed by atoms with van der Waals surface area (Å²) >= 11 is 0. The van der Waals surface area contributed by atoms with Gasteiger partial charge in [0, 0.05) is 18.2 Å². The van der Waals surface area contributed by atoms with Crippen molar-refractivity contribution in [2.45, 2.75) is 38.6 Å². The zero-order valence-corrected chi connectivity index (χ0v) is 11.4. The van der Waals surface area contributed by atoms with Gasteiger partial charge in [0.25, 0.3) is 0 Å². The predicted molar refractivity (Wildman–Crippen MR) is 72.3 cm³/mol. The monoisotopic (exact) mass is 253 g/mol. The maximum absolute atomic E-state index is 10.0. The van der Waals surface area contributed by atoms with Crippen molar-refractivity contribution in [3.63, 3.8) is 0 Å². The van der Waals surface area contributed by atoms with Gasteiger partial charge in [-0.2, -0.15) is 0 Å². The van der Waals surface area contributed by atoms with Crippen molar-refractivity contribution in [3.8, 4) is 17.2 Å². The molecule has 0 unspecified atom stereocenters. The summed E-state index contributed by atoms with van der Waals surface area (Å²) in [5.41, 5.74) is 6.79. The van der Waals surface area contributed by atoms with Crippen LogP contribution in [0.25, 0.3) is 0 Å². The Bertz CT molecular complexity index is 380. The fourth-order valence-electron chi connectivity index (χ4n) is 2.01. The quantitative estimate of drug-likeness (QED) is 0.733. The first-order valence-corrected chi connectivity index (χ1v) is 6.34. The maximum Gasteiger partial charge on any atom is 0.131 e. The number of hydrogen-bond donors (Lipinski definition) is 2. The van der Waals surface area contributed by atoms with Crippen LogP contribution < -0.4 is 15.2 Å². The van der Waals surface area contributed by atoms with E-state index in [-0.39, 0.29) is 11.8 Å². The summed E-state index contributed by atoms with van der Waals surface area (Å²) in [6, 6.07) is 3.10. The Morgan fingerprint density at radius 1 is 1.22 bits per heavy atom. The Labute approximate surface area is 109 Å². The molecule has 0 fully saturated rings. The predicted octanol–water partition coefficient (Wildman–Crippen LogP) is 2.99. The second-order valence-corrected chi connectivity index (χ2v) is 4.36. The summed E-state index contributed by atoms with van der Waals surface area (Å²) < 4.78 is 10.4. The summed E-state index contributed by atoms with van der Waals surface area (Å²) in [5.74, 6) is 1.28. The Morgan fingerprint density at radius 2 is 1.94 bits per heavy atom. The fourth-order valence-corrected chi connectivity index (χ4v) is 2.01. The van der Waals surface area contributed by atoms with Gasteiger partial charge in [0.15, 0.2) is 0 Å². The summed E-state index contributed by atoms with van der Waals surface area (Å²) in [7, 11) is 3.12. The van der Waals surface area contributed by atoms with E-state index in [1.54, 1.807) is 26.4 Å². The third-order valence-corrected chi connectivity index (χ3v) is 3.04. The molecule has 18 heavy (non-hydrogen) atoms. The third-order valence-electron chi connectivity index (χ3n) is 3.04. The number of methoxy groups -OCH3 is 2. The topological polar surface area (TPSA) is 64.7 Å². The molecule has 0 aliphatic heterocycles. The summed E-state index contributed by atoms with van der Waals surface area (Å²) in [5, 5.41) is 10.0. The van der Waals surface area contributed by atoms with Crippen LogP contribution in [0, 0.1) is 0 Å². The molecule has 0 heterocycles. The molecule has 4 heteroatoms. The molecule has 0 bridgehead atoms. The third kappa shape index (κ3) is 3.53. The van der Waals surface area contributed by atoms with E-state index in [9.17, 15) is 5.11 Å². The summed E-state index contributed by atoms with van der Waals surface area (Å²) in [4.78, 5) is 0. The van der Waals surface area contributed by atoms with Gasteiger partial charge in [-0.3, -0.25) is 0 Å². The first kappa shape index (κ1) is 14.6. The van der Waals surface area contributed by atoms with E-state index < -0.39 is 0 Å². The Morgan fingerprint density at radius 3 is 2.50 bits per heavy atom. The molecule has 0 saturated carbocycles. The largest absolute Gasteiger partial charge is 0.507 e. The number of nitrogens with two attached hydrogens (primary N) is 1. The maximum atomic E-state index is 10.0. The number of unbranched alkanes of at least 4 members (excludes halogenated alkanes) is 2. The molecule has 0 amide bonds. The fraction of sp³-hybridized carbons (Fsp3) is 0.571. The normalized spacial score (nSPS) is 12.2. The molecule has 1 aromatic carbocycles.